The molecule has 1 heterocycles. The number of aromatic nitrogens is 1. The summed E-state index contributed by atoms with van der Waals surface area (Å²) < 4.78 is 0. The molecule has 0 aromatic carbocycles. The van der Waals surface area contributed by atoms with E-state index in [-0.39, 0.29) is 0 Å². The Bertz CT molecular complexity index is 318. The van der Waals surface area contributed by atoms with Crippen molar-refractivity contribution in [1.29, 1.82) is 0 Å². The molecule has 0 saturated heterocycles. The maximum Gasteiger partial charge on any atom is 0.185 e. The van der Waals surface area contributed by atoms with Crippen LogP contribution in [0.2, 0.25) is 0 Å². The van der Waals surface area contributed by atoms with Crippen LogP contribution in [0.3, 0.4) is 0 Å². The molecule has 17 heavy (non-hydrogen) atoms. The highest BCUT2D eigenvalue weighted by atomic mass is 32.1. The van der Waals surface area contributed by atoms with E-state index in [2.05, 4.69) is 42.9 Å². The van der Waals surface area contributed by atoms with Crippen LogP contribution in [-0.2, 0) is 6.54 Å². The first kappa shape index (κ1) is 14.5. The minimum Gasteiger partial charge on any atom is -0.349 e. The summed E-state index contributed by atoms with van der Waals surface area (Å²) in [5, 5.41) is 4.65. The Morgan fingerprint density at radius 2 is 1.94 bits per heavy atom. The van der Waals surface area contributed by atoms with Gasteiger partial charge in [-0.2, -0.15) is 0 Å². The first-order valence-corrected chi connectivity index (χ1v) is 7.46. The first-order chi connectivity index (χ1) is 8.22. The summed E-state index contributed by atoms with van der Waals surface area (Å²) in [7, 11) is 0. The van der Waals surface area contributed by atoms with E-state index in [0.29, 0.717) is 0 Å². The Morgan fingerprint density at radius 1 is 1.24 bits per heavy atom. The molecule has 0 saturated carbocycles. The van der Waals surface area contributed by atoms with Crippen molar-refractivity contribution in [3.05, 3.63) is 10.6 Å². The lowest BCUT2D eigenvalue weighted by Gasteiger charge is -2.16. The second-order valence-electron chi connectivity index (χ2n) is 4.21. The van der Waals surface area contributed by atoms with Crippen LogP contribution in [0.5, 0.6) is 0 Å². The van der Waals surface area contributed by atoms with E-state index in [9.17, 15) is 0 Å². The Balaban J connectivity index is 2.55. The maximum absolute atomic E-state index is 4.66. The van der Waals surface area contributed by atoms with E-state index in [4.69, 9.17) is 0 Å². The van der Waals surface area contributed by atoms with Gasteiger partial charge < -0.3 is 10.2 Å². The number of unbranched alkanes of at least 4 members (excludes halogenated alkanes) is 1. The van der Waals surface area contributed by atoms with Crippen LogP contribution in [0.15, 0.2) is 0 Å². The van der Waals surface area contributed by atoms with Gasteiger partial charge in [-0.25, -0.2) is 4.98 Å². The number of rotatable bonds is 8. The van der Waals surface area contributed by atoms with Crippen LogP contribution < -0.4 is 10.2 Å². The Labute approximate surface area is 109 Å². The van der Waals surface area contributed by atoms with Crippen molar-refractivity contribution in [3.63, 3.8) is 0 Å². The molecule has 0 atom stereocenters. The predicted molar refractivity (Wildman–Crippen MR) is 77.0 cm³/mol. The Morgan fingerprint density at radius 3 is 2.53 bits per heavy atom. The quantitative estimate of drug-likeness (QED) is 0.723. The van der Waals surface area contributed by atoms with Crippen LogP contribution in [0.4, 0.5) is 5.13 Å². The average Bonchev–Trinajstić information content (AvgIpc) is 2.68. The van der Waals surface area contributed by atoms with Crippen molar-refractivity contribution < 1.29 is 0 Å². The minimum absolute atomic E-state index is 0.963. The zero-order valence-electron chi connectivity index (χ0n) is 11.5. The molecule has 0 amide bonds. The molecule has 0 unspecified atom stereocenters. The van der Waals surface area contributed by atoms with E-state index in [1.54, 1.807) is 0 Å². The number of nitrogens with zero attached hydrogens (tertiary/aromatic N) is 2. The minimum atomic E-state index is 0.963. The van der Waals surface area contributed by atoms with Crippen molar-refractivity contribution in [1.82, 2.24) is 10.3 Å². The fourth-order valence-corrected chi connectivity index (χ4v) is 2.87. The van der Waals surface area contributed by atoms with Gasteiger partial charge in [0.1, 0.15) is 0 Å². The van der Waals surface area contributed by atoms with Crippen molar-refractivity contribution in [3.8, 4) is 0 Å². The number of aryl methyl sites for hydroxylation is 1. The summed E-state index contributed by atoms with van der Waals surface area (Å²) in [5.74, 6) is 0. The van der Waals surface area contributed by atoms with Gasteiger partial charge in [0, 0.05) is 24.5 Å². The third kappa shape index (κ3) is 4.28. The fourth-order valence-electron chi connectivity index (χ4n) is 1.71. The molecule has 1 aromatic rings. The topological polar surface area (TPSA) is 28.2 Å². The van der Waals surface area contributed by atoms with E-state index < -0.39 is 0 Å². The van der Waals surface area contributed by atoms with Gasteiger partial charge in [0.25, 0.3) is 0 Å². The zero-order chi connectivity index (χ0) is 12.7. The second-order valence-corrected chi connectivity index (χ2v) is 5.27. The highest BCUT2D eigenvalue weighted by molar-refractivity contribution is 7.15. The monoisotopic (exact) mass is 255 g/mol. The highest BCUT2D eigenvalue weighted by Gasteiger charge is 2.11. The van der Waals surface area contributed by atoms with Gasteiger partial charge in [0.05, 0.1) is 5.69 Å². The van der Waals surface area contributed by atoms with Gasteiger partial charge in [-0.1, -0.05) is 13.3 Å². The smallest absolute Gasteiger partial charge is 0.185 e. The molecule has 1 rings (SSSR count). The van der Waals surface area contributed by atoms with Gasteiger partial charge in [-0.3, -0.25) is 0 Å². The number of hydrogen-bond acceptors (Lipinski definition) is 4. The third-order valence-electron chi connectivity index (χ3n) is 2.91. The van der Waals surface area contributed by atoms with E-state index >= 15 is 0 Å². The van der Waals surface area contributed by atoms with E-state index in [0.717, 1.165) is 26.2 Å². The number of hydrogen-bond donors (Lipinski definition) is 1. The molecule has 3 nitrogen and oxygen atoms in total. The van der Waals surface area contributed by atoms with Crippen molar-refractivity contribution in [2.45, 2.75) is 47.1 Å². The van der Waals surface area contributed by atoms with Gasteiger partial charge in [-0.15, -0.1) is 11.3 Å². The molecule has 0 aliphatic heterocycles. The summed E-state index contributed by atoms with van der Waals surface area (Å²) in [4.78, 5) is 8.35. The Hall–Kier alpha value is -0.610. The molecule has 0 spiro atoms. The van der Waals surface area contributed by atoms with Gasteiger partial charge in [-0.05, 0) is 33.7 Å². The SMILES string of the molecule is CCCCNCc1sc(N(CC)CC)nc1C. The summed E-state index contributed by atoms with van der Waals surface area (Å²) in [6.07, 6.45) is 2.50. The maximum atomic E-state index is 4.66. The van der Waals surface area contributed by atoms with Gasteiger partial charge in [0.15, 0.2) is 5.13 Å². The molecule has 1 aromatic heterocycles. The van der Waals surface area contributed by atoms with Crippen LogP contribution in [-0.4, -0.2) is 24.6 Å². The first-order valence-electron chi connectivity index (χ1n) is 6.64. The highest BCUT2D eigenvalue weighted by Crippen LogP contribution is 2.25. The molecule has 0 radical (unpaired) electrons. The predicted octanol–water partition coefficient (Wildman–Crippen LogP) is 3.19. The van der Waals surface area contributed by atoms with Gasteiger partial charge in [0.2, 0.25) is 0 Å². The molecule has 0 aliphatic rings. The third-order valence-corrected chi connectivity index (χ3v) is 4.13. The summed E-state index contributed by atoms with van der Waals surface area (Å²) in [6, 6.07) is 0. The molecular weight excluding hydrogens is 230 g/mol. The van der Waals surface area contributed by atoms with E-state index in [1.807, 2.05) is 11.3 Å². The Kier molecular flexibility index (Phi) is 6.52. The molecule has 1 N–H and O–H groups in total. The number of thiazole rings is 1. The average molecular weight is 255 g/mol. The fraction of sp³-hybridized carbons (Fsp3) is 0.769. The second kappa shape index (κ2) is 7.67. The molecule has 0 fully saturated rings. The van der Waals surface area contributed by atoms with Crippen molar-refractivity contribution >= 4 is 16.5 Å². The van der Waals surface area contributed by atoms with Crippen LogP contribution >= 0.6 is 11.3 Å². The lowest BCUT2D eigenvalue weighted by Crippen LogP contribution is -2.21. The lowest BCUT2D eigenvalue weighted by atomic mass is 10.3. The summed E-state index contributed by atoms with van der Waals surface area (Å²) in [5.41, 5.74) is 1.18. The molecule has 0 aliphatic carbocycles. The molecule has 4 heteroatoms. The molecule has 0 bridgehead atoms. The molecular formula is C13H25N3S. The summed E-state index contributed by atoms with van der Waals surface area (Å²) in [6.45, 7) is 12.8. The lowest BCUT2D eigenvalue weighted by molar-refractivity contribution is 0.644. The van der Waals surface area contributed by atoms with Crippen molar-refractivity contribution in [2.24, 2.45) is 0 Å². The van der Waals surface area contributed by atoms with Crippen LogP contribution in [0.1, 0.15) is 44.2 Å². The largest absolute Gasteiger partial charge is 0.349 e. The standard InChI is InChI=1S/C13H25N3S/c1-5-8-9-14-10-12-11(4)15-13(17-12)16(6-2)7-3/h14H,5-10H2,1-4H3. The van der Waals surface area contributed by atoms with Crippen molar-refractivity contribution in [2.75, 3.05) is 24.5 Å². The normalized spacial score (nSPS) is 10.8. The van der Waals surface area contributed by atoms with Crippen LogP contribution in [0, 0.1) is 6.92 Å². The number of nitrogens with one attached hydrogen (secondary N) is 1. The number of anilines is 1. The van der Waals surface area contributed by atoms with Crippen LogP contribution in [0.25, 0.3) is 0 Å². The summed E-state index contributed by atoms with van der Waals surface area (Å²) >= 11 is 1.83. The van der Waals surface area contributed by atoms with E-state index in [1.165, 1.54) is 28.5 Å². The zero-order valence-corrected chi connectivity index (χ0v) is 12.4. The van der Waals surface area contributed by atoms with Gasteiger partial charge >= 0.3 is 0 Å². The molecule has 98 valence electrons.